The van der Waals surface area contributed by atoms with Gasteiger partial charge in [-0.1, -0.05) is 6.92 Å². The molecule has 1 aromatic rings. The Morgan fingerprint density at radius 1 is 1.33 bits per heavy atom. The lowest BCUT2D eigenvalue weighted by Crippen LogP contribution is -2.49. The smallest absolute Gasteiger partial charge is 0.422 e. The minimum absolute atomic E-state index is 0.121. The summed E-state index contributed by atoms with van der Waals surface area (Å²) in [6, 6.07) is 3.48. The topological polar surface area (TPSA) is 99.8 Å². The van der Waals surface area contributed by atoms with Gasteiger partial charge in [-0.05, 0) is 45.4 Å². The highest BCUT2D eigenvalue weighted by Gasteiger charge is 2.34. The molecule has 1 atom stereocenters. The Bertz CT molecular complexity index is 733. The first-order valence-electron chi connectivity index (χ1n) is 8.76. The number of hydrogen-bond donors (Lipinski definition) is 3. The predicted molar refractivity (Wildman–Crippen MR) is 98.6 cm³/mol. The van der Waals surface area contributed by atoms with Crippen LogP contribution in [0.4, 0.5) is 20.6 Å². The molecule has 0 spiro atoms. The molecule has 148 valence electrons. The average molecular weight is 380 g/mol. The van der Waals surface area contributed by atoms with Crippen LogP contribution in [0.1, 0.15) is 40.5 Å². The molecule has 27 heavy (non-hydrogen) atoms. The summed E-state index contributed by atoms with van der Waals surface area (Å²) in [6.45, 7) is 7.17. The number of carbonyl (C=O) groups excluding carboxylic acids is 3. The summed E-state index contributed by atoms with van der Waals surface area (Å²) in [5.41, 5.74) is 4.75. The molecule has 8 nitrogen and oxygen atoms in total. The zero-order valence-corrected chi connectivity index (χ0v) is 15.9. The van der Waals surface area contributed by atoms with E-state index in [1.54, 1.807) is 33.8 Å². The first kappa shape index (κ1) is 20.6. The molecule has 3 N–H and O–H groups in total. The van der Waals surface area contributed by atoms with Crippen molar-refractivity contribution in [3.63, 3.8) is 0 Å². The Hall–Kier alpha value is -2.68. The van der Waals surface area contributed by atoms with Gasteiger partial charge in [0.25, 0.3) is 0 Å². The molecule has 1 aliphatic rings. The van der Waals surface area contributed by atoms with Crippen LogP contribution in [0.15, 0.2) is 18.2 Å². The molecular formula is C18H25FN4O4. The summed E-state index contributed by atoms with van der Waals surface area (Å²) >= 11 is 0. The van der Waals surface area contributed by atoms with Gasteiger partial charge < -0.3 is 15.0 Å². The number of carbonyl (C=O) groups is 3. The minimum Gasteiger partial charge on any atom is -0.443 e. The number of amides is 3. The van der Waals surface area contributed by atoms with Crippen molar-refractivity contribution in [2.75, 3.05) is 16.8 Å². The highest BCUT2D eigenvalue weighted by Crippen LogP contribution is 2.27. The summed E-state index contributed by atoms with van der Waals surface area (Å²) < 4.78 is 19.5. The number of nitrogens with zero attached hydrogens (tertiary/aromatic N) is 1. The molecule has 1 saturated heterocycles. The number of rotatable bonds is 5. The first-order chi connectivity index (χ1) is 12.6. The van der Waals surface area contributed by atoms with Crippen LogP contribution < -0.4 is 21.1 Å². The highest BCUT2D eigenvalue weighted by molar-refractivity contribution is 6.00. The van der Waals surface area contributed by atoms with Crippen LogP contribution >= 0.6 is 0 Å². The predicted octanol–water partition coefficient (Wildman–Crippen LogP) is 2.31. The Morgan fingerprint density at radius 3 is 2.63 bits per heavy atom. The van der Waals surface area contributed by atoms with Crippen molar-refractivity contribution < 1.29 is 23.5 Å². The number of benzene rings is 1. The molecule has 2 rings (SSSR count). The van der Waals surface area contributed by atoms with Crippen molar-refractivity contribution in [3.05, 3.63) is 24.0 Å². The molecule has 0 aromatic heterocycles. The van der Waals surface area contributed by atoms with Crippen LogP contribution in [0.5, 0.6) is 0 Å². The molecule has 0 saturated carbocycles. The van der Waals surface area contributed by atoms with Crippen LogP contribution in [0.3, 0.4) is 0 Å². The Balaban J connectivity index is 1.98. The van der Waals surface area contributed by atoms with Crippen LogP contribution in [0.2, 0.25) is 0 Å². The summed E-state index contributed by atoms with van der Waals surface area (Å²) in [5, 5.41) is 2.57. The van der Waals surface area contributed by atoms with E-state index in [2.05, 4.69) is 16.2 Å². The second-order valence-electron chi connectivity index (χ2n) is 7.17. The van der Waals surface area contributed by atoms with E-state index in [0.717, 1.165) is 0 Å². The monoisotopic (exact) mass is 380 g/mol. The van der Waals surface area contributed by atoms with Gasteiger partial charge in [0.05, 0.1) is 5.69 Å². The maximum Gasteiger partial charge on any atom is 0.422 e. The summed E-state index contributed by atoms with van der Waals surface area (Å²) in [4.78, 5) is 36.9. The lowest BCUT2D eigenvalue weighted by atomic mass is 10.2. The van der Waals surface area contributed by atoms with Crippen molar-refractivity contribution in [2.24, 2.45) is 0 Å². The molecule has 1 aliphatic heterocycles. The van der Waals surface area contributed by atoms with Crippen molar-refractivity contribution in [1.29, 1.82) is 0 Å². The second kappa shape index (κ2) is 8.34. The Kier molecular flexibility index (Phi) is 6.37. The summed E-state index contributed by atoms with van der Waals surface area (Å²) in [7, 11) is 0. The molecule has 0 radical (unpaired) electrons. The van der Waals surface area contributed by atoms with E-state index in [4.69, 9.17) is 4.74 Å². The van der Waals surface area contributed by atoms with Crippen molar-refractivity contribution in [3.8, 4) is 0 Å². The largest absolute Gasteiger partial charge is 0.443 e. The molecule has 0 bridgehead atoms. The second-order valence-corrected chi connectivity index (χ2v) is 7.17. The SMILES string of the molecule is CCC(=O)Nc1ccc(N2CC[C@H](NNC(=O)OC(C)(C)C)C2=O)c(F)c1. The standard InChI is InChI=1S/C18H25FN4O4/c1-5-15(24)20-11-6-7-14(12(19)10-11)23-9-8-13(16(23)25)21-22-17(26)27-18(2,3)4/h6-7,10,13,21H,5,8-9H2,1-4H3,(H,20,24)(H,22,26)/t13-/m0/s1. The molecule has 1 aromatic carbocycles. The minimum atomic E-state index is -0.698. The van der Waals surface area contributed by atoms with Gasteiger partial charge in [-0.3, -0.25) is 15.0 Å². The van der Waals surface area contributed by atoms with Gasteiger partial charge in [-0.15, -0.1) is 0 Å². The van der Waals surface area contributed by atoms with Gasteiger partial charge in [0.15, 0.2) is 0 Å². The quantitative estimate of drug-likeness (QED) is 0.681. The van der Waals surface area contributed by atoms with Crippen molar-refractivity contribution >= 4 is 29.3 Å². The van der Waals surface area contributed by atoms with Crippen LogP contribution in [0, 0.1) is 5.82 Å². The number of hydrogen-bond acceptors (Lipinski definition) is 5. The van der Waals surface area contributed by atoms with E-state index in [1.807, 2.05) is 0 Å². The van der Waals surface area contributed by atoms with E-state index in [-0.39, 0.29) is 23.9 Å². The normalized spacial score (nSPS) is 17.0. The molecule has 1 heterocycles. The third-order valence-electron chi connectivity index (χ3n) is 3.80. The molecule has 3 amide bonds. The van der Waals surface area contributed by atoms with Gasteiger partial charge in [0.1, 0.15) is 17.5 Å². The van der Waals surface area contributed by atoms with Gasteiger partial charge in [0, 0.05) is 18.7 Å². The Labute approximate surface area is 157 Å². The molecular weight excluding hydrogens is 355 g/mol. The third-order valence-corrected chi connectivity index (χ3v) is 3.80. The van der Waals surface area contributed by atoms with E-state index in [1.165, 1.54) is 17.0 Å². The zero-order valence-electron chi connectivity index (χ0n) is 15.9. The van der Waals surface area contributed by atoms with Crippen LogP contribution in [-0.4, -0.2) is 36.1 Å². The van der Waals surface area contributed by atoms with Crippen molar-refractivity contribution in [1.82, 2.24) is 10.9 Å². The van der Waals surface area contributed by atoms with E-state index < -0.39 is 23.6 Å². The van der Waals surface area contributed by atoms with E-state index in [0.29, 0.717) is 18.7 Å². The molecule has 9 heteroatoms. The summed E-state index contributed by atoms with van der Waals surface area (Å²) in [5.74, 6) is -1.20. The third kappa shape index (κ3) is 5.65. The fourth-order valence-corrected chi connectivity index (χ4v) is 2.56. The van der Waals surface area contributed by atoms with Gasteiger partial charge in [0.2, 0.25) is 11.8 Å². The fraction of sp³-hybridized carbons (Fsp3) is 0.500. The average Bonchev–Trinajstić information content (AvgIpc) is 2.92. The maximum absolute atomic E-state index is 14.4. The lowest BCUT2D eigenvalue weighted by Gasteiger charge is -2.21. The maximum atomic E-state index is 14.4. The number of anilines is 2. The number of halogens is 1. The molecule has 0 aliphatic carbocycles. The molecule has 1 fully saturated rings. The van der Waals surface area contributed by atoms with E-state index in [9.17, 15) is 18.8 Å². The highest BCUT2D eigenvalue weighted by atomic mass is 19.1. The molecule has 0 unspecified atom stereocenters. The lowest BCUT2D eigenvalue weighted by molar-refractivity contribution is -0.119. The fourth-order valence-electron chi connectivity index (χ4n) is 2.56. The summed E-state index contributed by atoms with van der Waals surface area (Å²) in [6.07, 6.45) is -0.0232. The van der Waals surface area contributed by atoms with Gasteiger partial charge in [-0.2, -0.15) is 0 Å². The van der Waals surface area contributed by atoms with Crippen molar-refractivity contribution in [2.45, 2.75) is 52.2 Å². The van der Waals surface area contributed by atoms with Gasteiger partial charge >= 0.3 is 6.09 Å². The number of nitrogens with one attached hydrogen (secondary N) is 3. The van der Waals surface area contributed by atoms with E-state index >= 15 is 0 Å². The Morgan fingerprint density at radius 2 is 2.04 bits per heavy atom. The van der Waals surface area contributed by atoms with Crippen LogP contribution in [-0.2, 0) is 14.3 Å². The first-order valence-corrected chi connectivity index (χ1v) is 8.76. The number of ether oxygens (including phenoxy) is 1. The van der Waals surface area contributed by atoms with Gasteiger partial charge in [-0.25, -0.2) is 14.6 Å². The van der Waals surface area contributed by atoms with Crippen LogP contribution in [0.25, 0.3) is 0 Å². The zero-order chi connectivity index (χ0) is 20.2. The number of hydrazine groups is 1.